The molecule has 0 aromatic heterocycles. The molecule has 0 spiro atoms. The maximum Gasteiger partial charge on any atom is 0.101 e. The van der Waals surface area contributed by atoms with E-state index >= 15 is 0 Å². The predicted molar refractivity (Wildman–Crippen MR) is 69.7 cm³/mol. The SMILES string of the molecule is CN1CCC(Nc2ccc(N)cc2C#N)CC1. The second kappa shape index (κ2) is 5.07. The summed E-state index contributed by atoms with van der Waals surface area (Å²) in [5.74, 6) is 0. The molecule has 0 aliphatic carbocycles. The van der Waals surface area contributed by atoms with E-state index in [4.69, 9.17) is 11.0 Å². The van der Waals surface area contributed by atoms with E-state index in [-0.39, 0.29) is 0 Å². The number of nitrogens with two attached hydrogens (primary N) is 1. The first kappa shape index (κ1) is 11.7. The molecule has 0 unspecified atom stereocenters. The quantitative estimate of drug-likeness (QED) is 0.758. The summed E-state index contributed by atoms with van der Waals surface area (Å²) in [5.41, 5.74) is 7.83. The maximum absolute atomic E-state index is 9.06. The van der Waals surface area contributed by atoms with Gasteiger partial charge in [-0.1, -0.05) is 0 Å². The van der Waals surface area contributed by atoms with Crippen LogP contribution in [0.25, 0.3) is 0 Å². The van der Waals surface area contributed by atoms with E-state index in [1.165, 1.54) is 0 Å². The Morgan fingerprint density at radius 2 is 2.12 bits per heavy atom. The van der Waals surface area contributed by atoms with Gasteiger partial charge in [0.2, 0.25) is 0 Å². The summed E-state index contributed by atoms with van der Waals surface area (Å²) in [6.45, 7) is 2.21. The van der Waals surface area contributed by atoms with E-state index in [0.717, 1.165) is 31.6 Å². The van der Waals surface area contributed by atoms with Crippen molar-refractivity contribution in [3.05, 3.63) is 23.8 Å². The van der Waals surface area contributed by atoms with Gasteiger partial charge in [0.1, 0.15) is 6.07 Å². The molecule has 0 amide bonds. The molecule has 1 aliphatic heterocycles. The number of likely N-dealkylation sites (tertiary alicyclic amines) is 1. The summed E-state index contributed by atoms with van der Waals surface area (Å²) in [7, 11) is 2.14. The third kappa shape index (κ3) is 2.89. The Labute approximate surface area is 102 Å². The molecule has 3 N–H and O–H groups in total. The van der Waals surface area contributed by atoms with Crippen molar-refractivity contribution in [3.8, 4) is 6.07 Å². The summed E-state index contributed by atoms with van der Waals surface area (Å²) >= 11 is 0. The van der Waals surface area contributed by atoms with Gasteiger partial charge in [-0.2, -0.15) is 5.26 Å². The summed E-state index contributed by atoms with van der Waals surface area (Å²) in [4.78, 5) is 2.33. The lowest BCUT2D eigenvalue weighted by Crippen LogP contribution is -2.36. The largest absolute Gasteiger partial charge is 0.399 e. The zero-order valence-corrected chi connectivity index (χ0v) is 10.1. The molecule has 1 aromatic rings. The van der Waals surface area contributed by atoms with Crippen LogP contribution < -0.4 is 11.1 Å². The molecule has 0 atom stereocenters. The molecule has 1 aromatic carbocycles. The van der Waals surface area contributed by atoms with E-state index in [0.29, 0.717) is 17.3 Å². The maximum atomic E-state index is 9.06. The molecule has 1 saturated heterocycles. The molecule has 0 saturated carbocycles. The van der Waals surface area contributed by atoms with Crippen LogP contribution in [0.1, 0.15) is 18.4 Å². The minimum atomic E-state index is 0.460. The molecule has 0 bridgehead atoms. The zero-order chi connectivity index (χ0) is 12.3. The normalized spacial score (nSPS) is 17.6. The van der Waals surface area contributed by atoms with Crippen molar-refractivity contribution in [2.45, 2.75) is 18.9 Å². The number of piperidine rings is 1. The van der Waals surface area contributed by atoms with Gasteiger partial charge in [0, 0.05) is 11.7 Å². The highest BCUT2D eigenvalue weighted by atomic mass is 15.1. The number of nitrogen functional groups attached to an aromatic ring is 1. The number of nitriles is 1. The monoisotopic (exact) mass is 230 g/mol. The average Bonchev–Trinajstić information content (AvgIpc) is 2.34. The van der Waals surface area contributed by atoms with Gasteiger partial charge in [0.05, 0.1) is 11.3 Å². The molecule has 0 radical (unpaired) electrons. The Morgan fingerprint density at radius 3 is 2.76 bits per heavy atom. The predicted octanol–water partition coefficient (Wildman–Crippen LogP) is 1.65. The fourth-order valence-electron chi connectivity index (χ4n) is 2.15. The van der Waals surface area contributed by atoms with Gasteiger partial charge in [0.25, 0.3) is 0 Å². The Bertz CT molecular complexity index is 428. The molecule has 2 rings (SSSR count). The summed E-state index contributed by atoms with van der Waals surface area (Å²) in [6.07, 6.45) is 2.23. The van der Waals surface area contributed by atoms with Gasteiger partial charge in [-0.15, -0.1) is 0 Å². The topological polar surface area (TPSA) is 65.1 Å². The highest BCUT2D eigenvalue weighted by molar-refractivity contribution is 5.63. The van der Waals surface area contributed by atoms with Crippen molar-refractivity contribution in [2.75, 3.05) is 31.2 Å². The number of benzene rings is 1. The first-order valence-electron chi connectivity index (χ1n) is 5.94. The van der Waals surface area contributed by atoms with E-state index in [9.17, 15) is 0 Å². The van der Waals surface area contributed by atoms with E-state index in [1.54, 1.807) is 6.07 Å². The van der Waals surface area contributed by atoms with Gasteiger partial charge < -0.3 is 16.0 Å². The van der Waals surface area contributed by atoms with Crippen molar-refractivity contribution in [1.82, 2.24) is 4.90 Å². The van der Waals surface area contributed by atoms with Crippen LogP contribution in [0.4, 0.5) is 11.4 Å². The Kier molecular flexibility index (Phi) is 3.50. The zero-order valence-electron chi connectivity index (χ0n) is 10.1. The molecule has 1 fully saturated rings. The van der Waals surface area contributed by atoms with Crippen LogP contribution in [0, 0.1) is 11.3 Å². The lowest BCUT2D eigenvalue weighted by Gasteiger charge is -2.30. The highest BCUT2D eigenvalue weighted by Crippen LogP contribution is 2.21. The van der Waals surface area contributed by atoms with Crippen LogP contribution in [-0.2, 0) is 0 Å². The van der Waals surface area contributed by atoms with Crippen molar-refractivity contribution < 1.29 is 0 Å². The number of nitrogens with one attached hydrogen (secondary N) is 1. The molecular weight excluding hydrogens is 212 g/mol. The second-order valence-corrected chi connectivity index (χ2v) is 4.64. The van der Waals surface area contributed by atoms with Crippen molar-refractivity contribution in [1.29, 1.82) is 5.26 Å². The smallest absolute Gasteiger partial charge is 0.101 e. The number of hydrogen-bond acceptors (Lipinski definition) is 4. The average molecular weight is 230 g/mol. The van der Waals surface area contributed by atoms with Gasteiger partial charge in [-0.3, -0.25) is 0 Å². The molecule has 4 heteroatoms. The first-order chi connectivity index (χ1) is 8.19. The fourth-order valence-corrected chi connectivity index (χ4v) is 2.15. The molecule has 1 aliphatic rings. The minimum Gasteiger partial charge on any atom is -0.399 e. The number of anilines is 2. The molecular formula is C13H18N4. The Hall–Kier alpha value is -1.73. The van der Waals surface area contributed by atoms with Crippen LogP contribution in [0.15, 0.2) is 18.2 Å². The summed E-state index contributed by atoms with van der Waals surface area (Å²) < 4.78 is 0. The minimum absolute atomic E-state index is 0.460. The fraction of sp³-hybridized carbons (Fsp3) is 0.462. The van der Waals surface area contributed by atoms with Crippen molar-refractivity contribution >= 4 is 11.4 Å². The summed E-state index contributed by atoms with van der Waals surface area (Å²) in [6, 6.07) is 8.09. The van der Waals surface area contributed by atoms with Crippen LogP contribution in [0.2, 0.25) is 0 Å². The van der Waals surface area contributed by atoms with Crippen molar-refractivity contribution in [3.63, 3.8) is 0 Å². The van der Waals surface area contributed by atoms with Crippen LogP contribution >= 0.6 is 0 Å². The Morgan fingerprint density at radius 1 is 1.41 bits per heavy atom. The van der Waals surface area contributed by atoms with Crippen molar-refractivity contribution in [2.24, 2.45) is 0 Å². The van der Waals surface area contributed by atoms with Crippen LogP contribution in [-0.4, -0.2) is 31.1 Å². The standard InChI is InChI=1S/C13H18N4/c1-17-6-4-12(5-7-17)16-13-3-2-11(15)8-10(13)9-14/h2-3,8,12,16H,4-7,15H2,1H3. The summed E-state index contributed by atoms with van der Waals surface area (Å²) in [5, 5.41) is 12.5. The first-order valence-corrected chi connectivity index (χ1v) is 5.94. The second-order valence-electron chi connectivity index (χ2n) is 4.64. The van der Waals surface area contributed by atoms with E-state index < -0.39 is 0 Å². The number of nitrogens with zero attached hydrogens (tertiary/aromatic N) is 2. The molecule has 4 nitrogen and oxygen atoms in total. The molecule has 90 valence electrons. The van der Waals surface area contributed by atoms with Gasteiger partial charge in [-0.05, 0) is 51.2 Å². The van der Waals surface area contributed by atoms with Crippen LogP contribution in [0.3, 0.4) is 0 Å². The highest BCUT2D eigenvalue weighted by Gasteiger charge is 2.17. The van der Waals surface area contributed by atoms with E-state index in [2.05, 4.69) is 23.3 Å². The molecule has 17 heavy (non-hydrogen) atoms. The van der Waals surface area contributed by atoms with Gasteiger partial charge in [-0.25, -0.2) is 0 Å². The van der Waals surface area contributed by atoms with Gasteiger partial charge in [0.15, 0.2) is 0 Å². The van der Waals surface area contributed by atoms with Crippen LogP contribution in [0.5, 0.6) is 0 Å². The third-order valence-corrected chi connectivity index (χ3v) is 3.24. The molecule has 1 heterocycles. The number of hydrogen-bond donors (Lipinski definition) is 2. The third-order valence-electron chi connectivity index (χ3n) is 3.24. The Balaban J connectivity index is 2.06. The van der Waals surface area contributed by atoms with E-state index in [1.807, 2.05) is 12.1 Å². The van der Waals surface area contributed by atoms with Gasteiger partial charge >= 0.3 is 0 Å². The number of rotatable bonds is 2. The lowest BCUT2D eigenvalue weighted by atomic mass is 10.0. The lowest BCUT2D eigenvalue weighted by molar-refractivity contribution is 0.264.